The summed E-state index contributed by atoms with van der Waals surface area (Å²) < 4.78 is 11.9. The van der Waals surface area contributed by atoms with Crippen molar-refractivity contribution >= 4 is 0 Å². The Morgan fingerprint density at radius 1 is 0.769 bits per heavy atom. The van der Waals surface area contributed by atoms with Gasteiger partial charge in [0.1, 0.15) is 11.5 Å². The Bertz CT molecular complexity index is 820. The van der Waals surface area contributed by atoms with Crippen LogP contribution in [0, 0.1) is 6.92 Å². The number of benzene rings is 3. The highest BCUT2D eigenvalue weighted by molar-refractivity contribution is 5.33. The molecule has 0 saturated heterocycles. The van der Waals surface area contributed by atoms with E-state index in [9.17, 15) is 0 Å². The van der Waals surface area contributed by atoms with Crippen molar-refractivity contribution in [2.24, 2.45) is 0 Å². The summed E-state index contributed by atoms with van der Waals surface area (Å²) in [7, 11) is 0. The van der Waals surface area contributed by atoms with Gasteiger partial charge in [-0.3, -0.25) is 0 Å². The van der Waals surface area contributed by atoms with Gasteiger partial charge in [0.15, 0.2) is 0 Å². The van der Waals surface area contributed by atoms with Crippen molar-refractivity contribution in [3.8, 4) is 11.5 Å². The lowest BCUT2D eigenvalue weighted by atomic mass is 9.85. The van der Waals surface area contributed by atoms with Crippen molar-refractivity contribution < 1.29 is 9.47 Å². The van der Waals surface area contributed by atoms with E-state index < -0.39 is 0 Å². The van der Waals surface area contributed by atoms with Crippen LogP contribution in [0.4, 0.5) is 0 Å². The van der Waals surface area contributed by atoms with Crippen LogP contribution in [0.5, 0.6) is 11.5 Å². The van der Waals surface area contributed by atoms with E-state index >= 15 is 0 Å². The van der Waals surface area contributed by atoms with Gasteiger partial charge in [-0.2, -0.15) is 0 Å². The molecule has 0 N–H and O–H groups in total. The van der Waals surface area contributed by atoms with Gasteiger partial charge in [-0.15, -0.1) is 0 Å². The zero-order valence-corrected chi connectivity index (χ0v) is 15.7. The largest absolute Gasteiger partial charge is 0.457 e. The lowest BCUT2D eigenvalue weighted by molar-refractivity contribution is 0.0824. The minimum absolute atomic E-state index is 0.0220. The summed E-state index contributed by atoms with van der Waals surface area (Å²) in [6.07, 6.45) is 0. The Morgan fingerprint density at radius 3 is 2.19 bits per heavy atom. The molecule has 0 amide bonds. The van der Waals surface area contributed by atoms with E-state index in [1.54, 1.807) is 0 Å². The monoisotopic (exact) mass is 346 g/mol. The third kappa shape index (κ3) is 4.96. The lowest BCUT2D eigenvalue weighted by Crippen LogP contribution is -2.24. The second-order valence-corrected chi connectivity index (χ2v) is 7.31. The van der Waals surface area contributed by atoms with E-state index in [0.717, 1.165) is 17.1 Å². The number of rotatable bonds is 7. The first-order valence-corrected chi connectivity index (χ1v) is 9.00. The lowest BCUT2D eigenvalue weighted by Gasteiger charge is -2.25. The predicted molar refractivity (Wildman–Crippen MR) is 107 cm³/mol. The van der Waals surface area contributed by atoms with Crippen LogP contribution in [-0.4, -0.2) is 6.61 Å². The van der Waals surface area contributed by atoms with Crippen LogP contribution < -0.4 is 4.74 Å². The van der Waals surface area contributed by atoms with E-state index in [1.165, 1.54) is 11.1 Å². The number of ether oxygens (including phenoxy) is 2. The van der Waals surface area contributed by atoms with Gasteiger partial charge >= 0.3 is 0 Å². The molecule has 0 heterocycles. The molecule has 134 valence electrons. The van der Waals surface area contributed by atoms with E-state index in [4.69, 9.17) is 9.47 Å². The smallest absolute Gasteiger partial charge is 0.127 e. The molecule has 0 unspecified atom stereocenters. The molecular weight excluding hydrogens is 320 g/mol. The normalized spacial score (nSPS) is 11.3. The molecule has 0 fully saturated rings. The Balaban J connectivity index is 1.58. The molecule has 3 aromatic carbocycles. The maximum Gasteiger partial charge on any atom is 0.127 e. The van der Waals surface area contributed by atoms with Crippen molar-refractivity contribution in [2.45, 2.75) is 32.8 Å². The minimum Gasteiger partial charge on any atom is -0.457 e. The van der Waals surface area contributed by atoms with E-state index in [-0.39, 0.29) is 5.41 Å². The summed E-state index contributed by atoms with van der Waals surface area (Å²) in [5.74, 6) is 1.67. The van der Waals surface area contributed by atoms with Gasteiger partial charge in [-0.05, 0) is 42.3 Å². The summed E-state index contributed by atoms with van der Waals surface area (Å²) >= 11 is 0. The summed E-state index contributed by atoms with van der Waals surface area (Å²) in [5, 5.41) is 0. The summed E-state index contributed by atoms with van der Waals surface area (Å²) in [6, 6.07) is 26.6. The second kappa shape index (κ2) is 8.20. The third-order valence-corrected chi connectivity index (χ3v) is 4.44. The van der Waals surface area contributed by atoms with E-state index in [2.05, 4.69) is 51.1 Å². The van der Waals surface area contributed by atoms with Gasteiger partial charge < -0.3 is 9.47 Å². The van der Waals surface area contributed by atoms with Gasteiger partial charge in [-0.1, -0.05) is 74.0 Å². The van der Waals surface area contributed by atoms with Crippen molar-refractivity contribution in [1.29, 1.82) is 0 Å². The number of hydrogen-bond acceptors (Lipinski definition) is 2. The van der Waals surface area contributed by atoms with Crippen LogP contribution in [0.15, 0.2) is 78.9 Å². The molecule has 0 spiro atoms. The first kappa shape index (κ1) is 18.2. The Hall–Kier alpha value is -2.58. The van der Waals surface area contributed by atoms with Gasteiger partial charge in [0.05, 0.1) is 13.2 Å². The molecule has 0 radical (unpaired) electrons. The molecule has 2 heteroatoms. The molecule has 0 atom stereocenters. The molecule has 3 rings (SSSR count). The quantitative estimate of drug-likeness (QED) is 0.501. The minimum atomic E-state index is -0.0220. The predicted octanol–water partition coefficient (Wildman–Crippen LogP) is 6.28. The molecule has 0 aliphatic heterocycles. The van der Waals surface area contributed by atoms with Crippen LogP contribution in [0.3, 0.4) is 0 Å². The van der Waals surface area contributed by atoms with Crippen LogP contribution in [0.25, 0.3) is 0 Å². The molecular formula is C24H26O2. The fourth-order valence-corrected chi connectivity index (χ4v) is 2.84. The van der Waals surface area contributed by atoms with Crippen molar-refractivity contribution in [2.75, 3.05) is 6.61 Å². The molecule has 0 aliphatic rings. The zero-order chi connectivity index (χ0) is 18.4. The maximum atomic E-state index is 6.02. The highest BCUT2D eigenvalue weighted by Crippen LogP contribution is 2.25. The first-order valence-electron chi connectivity index (χ1n) is 9.00. The Morgan fingerprint density at radius 2 is 1.46 bits per heavy atom. The third-order valence-electron chi connectivity index (χ3n) is 4.44. The fraction of sp³-hybridized carbons (Fsp3) is 0.250. The van der Waals surface area contributed by atoms with Gasteiger partial charge in [0.25, 0.3) is 0 Å². The van der Waals surface area contributed by atoms with Gasteiger partial charge in [-0.25, -0.2) is 0 Å². The molecule has 0 bridgehead atoms. The van der Waals surface area contributed by atoms with Gasteiger partial charge in [0.2, 0.25) is 0 Å². The molecule has 0 aliphatic carbocycles. The van der Waals surface area contributed by atoms with E-state index in [1.807, 2.05) is 48.5 Å². The van der Waals surface area contributed by atoms with Crippen molar-refractivity contribution in [3.05, 3.63) is 95.6 Å². The summed E-state index contributed by atoms with van der Waals surface area (Å²) in [4.78, 5) is 0. The van der Waals surface area contributed by atoms with Crippen LogP contribution in [0.1, 0.15) is 30.5 Å². The molecule has 26 heavy (non-hydrogen) atoms. The van der Waals surface area contributed by atoms with Crippen LogP contribution in [-0.2, 0) is 16.8 Å². The van der Waals surface area contributed by atoms with Crippen molar-refractivity contribution in [1.82, 2.24) is 0 Å². The molecule has 3 aromatic rings. The SMILES string of the molecule is Cc1ccc(C(C)(C)COCc2cccc(Oc3ccccc3)c2)cc1. The number of hydrogen-bond donors (Lipinski definition) is 0. The Kier molecular flexibility index (Phi) is 5.75. The van der Waals surface area contributed by atoms with Crippen LogP contribution in [0.2, 0.25) is 0 Å². The first-order chi connectivity index (χ1) is 12.5. The maximum absolute atomic E-state index is 6.02. The number of para-hydroxylation sites is 1. The van der Waals surface area contributed by atoms with Crippen LogP contribution >= 0.6 is 0 Å². The van der Waals surface area contributed by atoms with E-state index in [0.29, 0.717) is 13.2 Å². The number of aryl methyl sites for hydroxylation is 1. The molecule has 0 saturated carbocycles. The molecule has 2 nitrogen and oxygen atoms in total. The Labute approximate surface area is 156 Å². The zero-order valence-electron chi connectivity index (χ0n) is 15.7. The van der Waals surface area contributed by atoms with Crippen molar-refractivity contribution in [3.63, 3.8) is 0 Å². The summed E-state index contributed by atoms with van der Waals surface area (Å²) in [6.45, 7) is 7.78. The standard InChI is InChI=1S/C24H26O2/c1-19-12-14-21(15-13-19)24(2,3)18-25-17-20-8-7-11-23(16-20)26-22-9-5-4-6-10-22/h4-16H,17-18H2,1-3H3. The van der Waals surface area contributed by atoms with Gasteiger partial charge in [0, 0.05) is 5.41 Å². The highest BCUT2D eigenvalue weighted by atomic mass is 16.5. The average molecular weight is 346 g/mol. The fourth-order valence-electron chi connectivity index (χ4n) is 2.84. The summed E-state index contributed by atoms with van der Waals surface area (Å²) in [5.41, 5.74) is 3.66. The molecule has 0 aromatic heterocycles. The highest BCUT2D eigenvalue weighted by Gasteiger charge is 2.20. The topological polar surface area (TPSA) is 18.5 Å². The average Bonchev–Trinajstić information content (AvgIpc) is 2.63. The second-order valence-electron chi connectivity index (χ2n) is 7.31.